The zero-order valence-electron chi connectivity index (χ0n) is 10.7. The zero-order valence-corrected chi connectivity index (χ0v) is 12.3. The van der Waals surface area contributed by atoms with Crippen LogP contribution in [0.5, 0.6) is 0 Å². The third-order valence-corrected chi connectivity index (χ3v) is 3.76. The molecule has 98 valence electrons. The monoisotopic (exact) mass is 310 g/mol. The molecule has 4 heteroatoms. The van der Waals surface area contributed by atoms with E-state index in [1.165, 1.54) is 5.56 Å². The van der Waals surface area contributed by atoms with E-state index in [1.807, 2.05) is 24.1 Å². The van der Waals surface area contributed by atoms with Gasteiger partial charge in [-0.3, -0.25) is 9.69 Å². The van der Waals surface area contributed by atoms with Crippen LogP contribution in [-0.4, -0.2) is 42.4 Å². The second-order valence-corrected chi connectivity index (χ2v) is 5.80. The van der Waals surface area contributed by atoms with Crippen LogP contribution in [0.3, 0.4) is 0 Å². The summed E-state index contributed by atoms with van der Waals surface area (Å²) in [5.41, 5.74) is 1.23. The summed E-state index contributed by atoms with van der Waals surface area (Å²) < 4.78 is 1.09. The van der Waals surface area contributed by atoms with Crippen LogP contribution in [0.2, 0.25) is 0 Å². The van der Waals surface area contributed by atoms with E-state index >= 15 is 0 Å². The van der Waals surface area contributed by atoms with Gasteiger partial charge in [0.1, 0.15) is 0 Å². The summed E-state index contributed by atoms with van der Waals surface area (Å²) in [7, 11) is 2.00. The van der Waals surface area contributed by atoms with Crippen molar-refractivity contribution in [2.45, 2.75) is 19.4 Å². The number of carbonyl (C=O) groups excluding carboxylic acids is 1. The molecule has 0 radical (unpaired) electrons. The molecule has 0 bridgehead atoms. The molecule has 1 aliphatic heterocycles. The third-order valence-electron chi connectivity index (χ3n) is 3.23. The molecule has 0 spiro atoms. The van der Waals surface area contributed by atoms with E-state index in [2.05, 4.69) is 33.0 Å². The van der Waals surface area contributed by atoms with Crippen molar-refractivity contribution in [3.8, 4) is 0 Å². The number of nitrogens with zero attached hydrogens (tertiary/aromatic N) is 2. The van der Waals surface area contributed by atoms with Gasteiger partial charge in [0, 0.05) is 24.1 Å². The fourth-order valence-corrected chi connectivity index (χ4v) is 2.52. The molecule has 0 unspecified atom stereocenters. The summed E-state index contributed by atoms with van der Waals surface area (Å²) in [4.78, 5) is 16.0. The summed E-state index contributed by atoms with van der Waals surface area (Å²) in [6.45, 7) is 3.19. The maximum atomic E-state index is 12.0. The topological polar surface area (TPSA) is 23.6 Å². The molecule has 18 heavy (non-hydrogen) atoms. The molecule has 1 amide bonds. The Kier molecular flexibility index (Phi) is 4.78. The van der Waals surface area contributed by atoms with Gasteiger partial charge < -0.3 is 4.90 Å². The van der Waals surface area contributed by atoms with E-state index in [-0.39, 0.29) is 5.91 Å². The van der Waals surface area contributed by atoms with Gasteiger partial charge in [0.2, 0.25) is 5.91 Å². The first-order chi connectivity index (χ1) is 8.65. The fourth-order valence-electron chi connectivity index (χ4n) is 2.25. The minimum Gasteiger partial charge on any atom is -0.342 e. The molecule has 1 fully saturated rings. The predicted octanol–water partition coefficient (Wildman–Crippen LogP) is 2.50. The quantitative estimate of drug-likeness (QED) is 0.853. The highest BCUT2D eigenvalue weighted by Crippen LogP contribution is 2.12. The van der Waals surface area contributed by atoms with Crippen LogP contribution in [0.25, 0.3) is 0 Å². The van der Waals surface area contributed by atoms with Crippen molar-refractivity contribution in [3.05, 3.63) is 34.3 Å². The smallest absolute Gasteiger partial charge is 0.236 e. The molecule has 3 nitrogen and oxygen atoms in total. The summed E-state index contributed by atoms with van der Waals surface area (Å²) >= 11 is 3.42. The predicted molar refractivity (Wildman–Crippen MR) is 76.3 cm³/mol. The molecule has 0 aliphatic carbocycles. The molecule has 0 N–H and O–H groups in total. The minimum absolute atomic E-state index is 0.257. The molecule has 1 aliphatic rings. The van der Waals surface area contributed by atoms with Crippen molar-refractivity contribution in [3.63, 3.8) is 0 Å². The van der Waals surface area contributed by atoms with Gasteiger partial charge in [0.15, 0.2) is 0 Å². The van der Waals surface area contributed by atoms with Crippen LogP contribution < -0.4 is 0 Å². The average molecular weight is 311 g/mol. The van der Waals surface area contributed by atoms with Crippen LogP contribution in [0.15, 0.2) is 28.7 Å². The highest BCUT2D eigenvalue weighted by molar-refractivity contribution is 9.10. The van der Waals surface area contributed by atoms with Crippen LogP contribution in [0, 0.1) is 0 Å². The first-order valence-electron chi connectivity index (χ1n) is 6.36. The highest BCUT2D eigenvalue weighted by atomic mass is 79.9. The maximum Gasteiger partial charge on any atom is 0.236 e. The number of hydrogen-bond donors (Lipinski definition) is 0. The highest BCUT2D eigenvalue weighted by Gasteiger charge is 2.18. The Balaban J connectivity index is 1.82. The number of halogens is 1. The van der Waals surface area contributed by atoms with Gasteiger partial charge in [-0.05, 0) is 37.6 Å². The van der Waals surface area contributed by atoms with E-state index < -0.39 is 0 Å². The van der Waals surface area contributed by atoms with Gasteiger partial charge in [0.05, 0.1) is 6.54 Å². The van der Waals surface area contributed by atoms with Crippen LogP contribution in [0.4, 0.5) is 0 Å². The number of likely N-dealkylation sites (N-methyl/N-ethyl adjacent to an activating group) is 1. The van der Waals surface area contributed by atoms with Crippen molar-refractivity contribution in [1.29, 1.82) is 0 Å². The fraction of sp³-hybridized carbons (Fsp3) is 0.500. The maximum absolute atomic E-state index is 12.0. The molecular formula is C14H19BrN2O. The number of benzene rings is 1. The molecule has 2 rings (SSSR count). The summed E-state index contributed by atoms with van der Waals surface area (Å²) in [5.74, 6) is 0.257. The lowest BCUT2D eigenvalue weighted by atomic mass is 10.2. The lowest BCUT2D eigenvalue weighted by Crippen LogP contribution is -2.36. The molecule has 1 aromatic carbocycles. The van der Waals surface area contributed by atoms with Crippen LogP contribution >= 0.6 is 15.9 Å². The Morgan fingerprint density at radius 3 is 2.50 bits per heavy atom. The van der Waals surface area contributed by atoms with Crippen LogP contribution in [-0.2, 0) is 11.3 Å². The van der Waals surface area contributed by atoms with Gasteiger partial charge >= 0.3 is 0 Å². The van der Waals surface area contributed by atoms with Crippen molar-refractivity contribution < 1.29 is 4.79 Å². The second-order valence-electron chi connectivity index (χ2n) is 4.89. The van der Waals surface area contributed by atoms with E-state index in [1.54, 1.807) is 0 Å². The van der Waals surface area contributed by atoms with Crippen molar-refractivity contribution >= 4 is 21.8 Å². The number of rotatable bonds is 4. The summed E-state index contributed by atoms with van der Waals surface area (Å²) in [6.07, 6.45) is 2.31. The number of likely N-dealkylation sites (tertiary alicyclic amines) is 1. The van der Waals surface area contributed by atoms with Crippen molar-refractivity contribution in [2.24, 2.45) is 0 Å². The Morgan fingerprint density at radius 1 is 1.28 bits per heavy atom. The van der Waals surface area contributed by atoms with Gasteiger partial charge in [-0.2, -0.15) is 0 Å². The SMILES string of the molecule is CN(CC(=O)N1CCCC1)Cc1ccc(Br)cc1. The van der Waals surface area contributed by atoms with Gasteiger partial charge in [0.25, 0.3) is 0 Å². The average Bonchev–Trinajstić information content (AvgIpc) is 2.85. The van der Waals surface area contributed by atoms with E-state index in [4.69, 9.17) is 0 Å². The standard InChI is InChI=1S/C14H19BrN2O/c1-16(10-12-4-6-13(15)7-5-12)11-14(18)17-8-2-3-9-17/h4-7H,2-3,8-11H2,1H3. The number of amides is 1. The minimum atomic E-state index is 0.257. The Hall–Kier alpha value is -0.870. The first-order valence-corrected chi connectivity index (χ1v) is 7.15. The van der Waals surface area contributed by atoms with Crippen molar-refractivity contribution in [2.75, 3.05) is 26.7 Å². The number of hydrogen-bond acceptors (Lipinski definition) is 2. The van der Waals surface area contributed by atoms with E-state index in [9.17, 15) is 4.79 Å². The largest absolute Gasteiger partial charge is 0.342 e. The van der Waals surface area contributed by atoms with Crippen molar-refractivity contribution in [1.82, 2.24) is 9.80 Å². The molecule has 0 saturated carbocycles. The van der Waals surface area contributed by atoms with E-state index in [0.29, 0.717) is 6.54 Å². The van der Waals surface area contributed by atoms with E-state index in [0.717, 1.165) is 36.9 Å². The molecule has 0 atom stereocenters. The molecule has 1 heterocycles. The lowest BCUT2D eigenvalue weighted by Gasteiger charge is -2.21. The molecule has 1 aromatic rings. The van der Waals surface area contributed by atoms with Gasteiger partial charge in [-0.15, -0.1) is 0 Å². The van der Waals surface area contributed by atoms with Gasteiger partial charge in [-0.1, -0.05) is 28.1 Å². The summed E-state index contributed by atoms with van der Waals surface area (Å²) in [6, 6.07) is 8.23. The zero-order chi connectivity index (χ0) is 13.0. The first kappa shape index (κ1) is 13.6. The molecule has 1 saturated heterocycles. The third kappa shape index (κ3) is 3.82. The number of carbonyl (C=O) groups is 1. The van der Waals surface area contributed by atoms with Gasteiger partial charge in [-0.25, -0.2) is 0 Å². The second kappa shape index (κ2) is 6.34. The Morgan fingerprint density at radius 2 is 1.89 bits per heavy atom. The molecule has 0 aromatic heterocycles. The Labute approximate surface area is 117 Å². The molecular weight excluding hydrogens is 292 g/mol. The summed E-state index contributed by atoms with van der Waals surface area (Å²) in [5, 5.41) is 0. The lowest BCUT2D eigenvalue weighted by molar-refractivity contribution is -0.131. The normalized spacial score (nSPS) is 15.4. The van der Waals surface area contributed by atoms with Crippen LogP contribution in [0.1, 0.15) is 18.4 Å². The Bertz CT molecular complexity index is 399.